The highest BCUT2D eigenvalue weighted by atomic mass is 32.1. The molecule has 2 heterocycles. The molecule has 0 saturated heterocycles. The molecule has 1 aliphatic heterocycles. The van der Waals surface area contributed by atoms with Crippen LogP contribution in [-0.4, -0.2) is 11.8 Å². The molecule has 1 aromatic heterocycles. The van der Waals surface area contributed by atoms with Crippen molar-refractivity contribution in [3.05, 3.63) is 87.3 Å². The van der Waals surface area contributed by atoms with Gasteiger partial charge in [-0.25, -0.2) is 4.79 Å². The van der Waals surface area contributed by atoms with Crippen molar-refractivity contribution in [1.82, 2.24) is 0 Å². The molecule has 0 fully saturated rings. The molecule has 5 heteroatoms. The van der Waals surface area contributed by atoms with E-state index in [-0.39, 0.29) is 11.5 Å². The second kappa shape index (κ2) is 7.44. The minimum absolute atomic E-state index is 0.181. The van der Waals surface area contributed by atoms with E-state index in [1.54, 1.807) is 36.4 Å². The Balaban J connectivity index is 1.53. The van der Waals surface area contributed by atoms with Crippen LogP contribution in [0.3, 0.4) is 0 Å². The van der Waals surface area contributed by atoms with Gasteiger partial charge in [0.05, 0.1) is 5.56 Å². The standard InChI is InChI=1S/C23H18O4S/c1-14(2)16-7-5-15(6-8-16)12-20-22(24)18-10-9-17(13-19(18)27-20)26-23(25)21-4-3-11-28-21/h3-14H,1-2H3/b20-12-. The Morgan fingerprint density at radius 3 is 2.57 bits per heavy atom. The normalized spacial score (nSPS) is 14.2. The number of fused-ring (bicyclic) bond motifs is 1. The fourth-order valence-corrected chi connectivity index (χ4v) is 3.51. The van der Waals surface area contributed by atoms with Crippen molar-refractivity contribution >= 4 is 29.2 Å². The lowest BCUT2D eigenvalue weighted by Crippen LogP contribution is -2.06. The summed E-state index contributed by atoms with van der Waals surface area (Å²) < 4.78 is 11.1. The number of carbonyl (C=O) groups excluding carboxylic acids is 2. The van der Waals surface area contributed by atoms with Gasteiger partial charge in [-0.05, 0) is 46.7 Å². The molecular weight excluding hydrogens is 372 g/mol. The Morgan fingerprint density at radius 2 is 1.89 bits per heavy atom. The SMILES string of the molecule is CC(C)c1ccc(/C=C2\Oc3cc(OC(=O)c4cccs4)ccc3C2=O)cc1. The zero-order valence-electron chi connectivity index (χ0n) is 15.5. The minimum atomic E-state index is -0.430. The van der Waals surface area contributed by atoms with E-state index < -0.39 is 5.97 Å². The summed E-state index contributed by atoms with van der Waals surface area (Å²) in [5, 5.41) is 1.81. The van der Waals surface area contributed by atoms with Gasteiger partial charge in [0.1, 0.15) is 16.4 Å². The van der Waals surface area contributed by atoms with Crippen LogP contribution in [0.1, 0.15) is 50.9 Å². The molecule has 0 saturated carbocycles. The number of allylic oxidation sites excluding steroid dienone is 1. The van der Waals surface area contributed by atoms with Crippen molar-refractivity contribution in [2.24, 2.45) is 0 Å². The molecule has 0 aliphatic carbocycles. The summed E-state index contributed by atoms with van der Waals surface area (Å²) in [6.45, 7) is 4.27. The van der Waals surface area contributed by atoms with Crippen LogP contribution < -0.4 is 9.47 Å². The molecule has 2 aromatic carbocycles. The van der Waals surface area contributed by atoms with E-state index in [2.05, 4.69) is 13.8 Å². The summed E-state index contributed by atoms with van der Waals surface area (Å²) in [6.07, 6.45) is 1.73. The van der Waals surface area contributed by atoms with Crippen LogP contribution >= 0.6 is 11.3 Å². The number of rotatable bonds is 4. The monoisotopic (exact) mass is 390 g/mol. The van der Waals surface area contributed by atoms with Gasteiger partial charge >= 0.3 is 5.97 Å². The van der Waals surface area contributed by atoms with Crippen LogP contribution in [0.2, 0.25) is 0 Å². The first kappa shape index (κ1) is 18.2. The summed E-state index contributed by atoms with van der Waals surface area (Å²) in [5.74, 6) is 0.832. The largest absolute Gasteiger partial charge is 0.452 e. The summed E-state index contributed by atoms with van der Waals surface area (Å²) in [4.78, 5) is 25.2. The van der Waals surface area contributed by atoms with Crippen molar-refractivity contribution < 1.29 is 19.1 Å². The zero-order chi connectivity index (χ0) is 19.7. The average molecular weight is 390 g/mol. The second-order valence-electron chi connectivity index (χ2n) is 6.79. The third-order valence-corrected chi connectivity index (χ3v) is 5.33. The smallest absolute Gasteiger partial charge is 0.353 e. The number of ether oxygens (including phenoxy) is 2. The van der Waals surface area contributed by atoms with Crippen molar-refractivity contribution in [2.45, 2.75) is 19.8 Å². The topological polar surface area (TPSA) is 52.6 Å². The molecule has 140 valence electrons. The Kier molecular flexibility index (Phi) is 4.84. The van der Waals surface area contributed by atoms with Crippen LogP contribution in [-0.2, 0) is 0 Å². The first-order valence-corrected chi connectivity index (χ1v) is 9.83. The molecule has 28 heavy (non-hydrogen) atoms. The molecule has 1 aliphatic rings. The average Bonchev–Trinajstić information content (AvgIpc) is 3.31. The minimum Gasteiger partial charge on any atom is -0.452 e. The van der Waals surface area contributed by atoms with E-state index >= 15 is 0 Å². The van der Waals surface area contributed by atoms with Crippen LogP contribution in [0.4, 0.5) is 0 Å². The van der Waals surface area contributed by atoms with Crippen molar-refractivity contribution in [1.29, 1.82) is 0 Å². The molecule has 4 nitrogen and oxygen atoms in total. The summed E-state index contributed by atoms with van der Waals surface area (Å²) in [7, 11) is 0. The number of Topliss-reactive ketones (excluding diaryl/α,β-unsaturated/α-hetero) is 1. The van der Waals surface area contributed by atoms with E-state index in [4.69, 9.17) is 9.47 Å². The summed E-state index contributed by atoms with van der Waals surface area (Å²) in [5.41, 5.74) is 2.59. The third kappa shape index (κ3) is 3.62. The van der Waals surface area contributed by atoms with Gasteiger partial charge in [0.2, 0.25) is 5.78 Å². The quantitative estimate of drug-likeness (QED) is 0.325. The van der Waals surface area contributed by atoms with Crippen LogP contribution in [0.5, 0.6) is 11.5 Å². The van der Waals surface area contributed by atoms with Crippen LogP contribution in [0, 0.1) is 0 Å². The zero-order valence-corrected chi connectivity index (χ0v) is 16.3. The third-order valence-electron chi connectivity index (χ3n) is 4.48. The lowest BCUT2D eigenvalue weighted by atomic mass is 10.0. The first-order chi connectivity index (χ1) is 13.5. The van der Waals surface area contributed by atoms with Gasteiger partial charge in [0.15, 0.2) is 5.76 Å². The molecule has 0 unspecified atom stereocenters. The number of hydrogen-bond donors (Lipinski definition) is 0. The molecule has 0 amide bonds. The number of thiophene rings is 1. The van der Waals surface area contributed by atoms with Crippen LogP contribution in [0.15, 0.2) is 65.7 Å². The van der Waals surface area contributed by atoms with Crippen molar-refractivity contribution in [2.75, 3.05) is 0 Å². The number of benzene rings is 2. The van der Waals surface area contributed by atoms with E-state index in [1.165, 1.54) is 16.9 Å². The second-order valence-corrected chi connectivity index (χ2v) is 7.73. The lowest BCUT2D eigenvalue weighted by molar-refractivity contribution is 0.0739. The summed E-state index contributed by atoms with van der Waals surface area (Å²) >= 11 is 1.31. The van der Waals surface area contributed by atoms with Crippen molar-refractivity contribution in [3.8, 4) is 11.5 Å². The maximum atomic E-state index is 12.6. The fourth-order valence-electron chi connectivity index (χ4n) is 2.91. The molecule has 0 atom stereocenters. The molecule has 3 aromatic rings. The van der Waals surface area contributed by atoms with Gasteiger partial charge in [0.25, 0.3) is 0 Å². The summed E-state index contributed by atoms with van der Waals surface area (Å²) in [6, 6.07) is 16.3. The van der Waals surface area contributed by atoms with Crippen LogP contribution in [0.25, 0.3) is 6.08 Å². The highest BCUT2D eigenvalue weighted by Crippen LogP contribution is 2.35. The van der Waals surface area contributed by atoms with Gasteiger partial charge in [-0.3, -0.25) is 4.79 Å². The highest BCUT2D eigenvalue weighted by molar-refractivity contribution is 7.12. The molecular formula is C23H18O4S. The van der Waals surface area contributed by atoms with E-state index in [1.807, 2.05) is 29.6 Å². The van der Waals surface area contributed by atoms with E-state index in [0.29, 0.717) is 27.9 Å². The molecule has 0 spiro atoms. The Hall–Kier alpha value is -3.18. The molecule has 0 radical (unpaired) electrons. The molecule has 0 N–H and O–H groups in total. The maximum Gasteiger partial charge on any atom is 0.353 e. The number of carbonyl (C=O) groups is 2. The van der Waals surface area contributed by atoms with E-state index in [9.17, 15) is 9.59 Å². The first-order valence-electron chi connectivity index (χ1n) is 8.95. The van der Waals surface area contributed by atoms with Gasteiger partial charge in [-0.1, -0.05) is 44.2 Å². The molecule has 0 bridgehead atoms. The lowest BCUT2D eigenvalue weighted by Gasteiger charge is -2.05. The maximum absolute atomic E-state index is 12.6. The Morgan fingerprint density at radius 1 is 1.11 bits per heavy atom. The highest BCUT2D eigenvalue weighted by Gasteiger charge is 2.28. The Labute approximate surface area is 167 Å². The van der Waals surface area contributed by atoms with Gasteiger partial charge < -0.3 is 9.47 Å². The van der Waals surface area contributed by atoms with Gasteiger partial charge in [-0.15, -0.1) is 11.3 Å². The Bertz CT molecular complexity index is 1060. The number of esters is 1. The fraction of sp³-hybridized carbons (Fsp3) is 0.130. The number of ketones is 1. The van der Waals surface area contributed by atoms with E-state index in [0.717, 1.165) is 5.56 Å². The predicted octanol–water partition coefficient (Wildman–Crippen LogP) is 5.71. The molecule has 4 rings (SSSR count). The van der Waals surface area contributed by atoms with Gasteiger partial charge in [0, 0.05) is 6.07 Å². The van der Waals surface area contributed by atoms with Crippen molar-refractivity contribution in [3.63, 3.8) is 0 Å². The predicted molar refractivity (Wildman–Crippen MR) is 109 cm³/mol. The van der Waals surface area contributed by atoms with Gasteiger partial charge in [-0.2, -0.15) is 0 Å². The number of hydrogen-bond acceptors (Lipinski definition) is 5.